The molecule has 0 aliphatic carbocycles. The Hall–Kier alpha value is -1.87. The van der Waals surface area contributed by atoms with E-state index in [1.54, 1.807) is 18.3 Å². The first kappa shape index (κ1) is 12.6. The fraction of sp³-hybridized carbons (Fsp3) is 0.143. The molecule has 1 amide bonds. The first-order valence-corrected chi connectivity index (χ1v) is 6.12. The van der Waals surface area contributed by atoms with Crippen molar-refractivity contribution in [2.75, 3.05) is 5.32 Å². The van der Waals surface area contributed by atoms with E-state index in [0.29, 0.717) is 17.3 Å². The predicted octanol–water partition coefficient (Wildman–Crippen LogP) is 3.38. The highest BCUT2D eigenvalue weighted by molar-refractivity contribution is 6.17. The van der Waals surface area contributed by atoms with Crippen molar-refractivity contribution in [3.8, 4) is 0 Å². The summed E-state index contributed by atoms with van der Waals surface area (Å²) in [7, 11) is 0. The van der Waals surface area contributed by atoms with Gasteiger partial charge in [0.2, 0.25) is 0 Å². The summed E-state index contributed by atoms with van der Waals surface area (Å²) < 4.78 is 0. The molecule has 18 heavy (non-hydrogen) atoms. The Balaban J connectivity index is 2.14. The van der Waals surface area contributed by atoms with Crippen LogP contribution in [0.3, 0.4) is 0 Å². The quantitative estimate of drug-likeness (QED) is 0.860. The van der Waals surface area contributed by atoms with Crippen LogP contribution in [0.15, 0.2) is 42.6 Å². The van der Waals surface area contributed by atoms with E-state index >= 15 is 0 Å². The maximum Gasteiger partial charge on any atom is 0.256 e. The highest BCUT2D eigenvalue weighted by Gasteiger charge is 2.07. The van der Waals surface area contributed by atoms with Crippen molar-refractivity contribution in [1.29, 1.82) is 0 Å². The lowest BCUT2D eigenvalue weighted by Gasteiger charge is -2.07. The standard InChI is InChI=1S/C14H13ClN2O/c1-10-3-2-8-16-13(10)17-14(18)12-6-4-11(9-15)5-7-12/h2-8H,9H2,1H3,(H,16,17,18). The summed E-state index contributed by atoms with van der Waals surface area (Å²) in [5, 5.41) is 2.78. The van der Waals surface area contributed by atoms with E-state index in [-0.39, 0.29) is 5.91 Å². The van der Waals surface area contributed by atoms with Crippen LogP contribution in [0.5, 0.6) is 0 Å². The zero-order chi connectivity index (χ0) is 13.0. The molecule has 1 aromatic carbocycles. The molecule has 1 heterocycles. The molecule has 0 atom stereocenters. The van der Waals surface area contributed by atoms with E-state index in [9.17, 15) is 4.79 Å². The van der Waals surface area contributed by atoms with Gasteiger partial charge in [-0.15, -0.1) is 11.6 Å². The number of hydrogen-bond acceptors (Lipinski definition) is 2. The molecule has 4 heteroatoms. The maximum absolute atomic E-state index is 12.0. The van der Waals surface area contributed by atoms with Gasteiger partial charge in [0.15, 0.2) is 0 Å². The molecule has 0 bridgehead atoms. The van der Waals surface area contributed by atoms with E-state index in [2.05, 4.69) is 10.3 Å². The summed E-state index contributed by atoms with van der Waals surface area (Å²) in [4.78, 5) is 16.1. The van der Waals surface area contributed by atoms with Crippen molar-refractivity contribution in [3.63, 3.8) is 0 Å². The van der Waals surface area contributed by atoms with Gasteiger partial charge in [-0.1, -0.05) is 18.2 Å². The number of benzene rings is 1. The fourth-order valence-corrected chi connectivity index (χ4v) is 1.72. The Morgan fingerprint density at radius 2 is 2.00 bits per heavy atom. The zero-order valence-electron chi connectivity index (χ0n) is 9.98. The second-order valence-corrected chi connectivity index (χ2v) is 4.22. The minimum absolute atomic E-state index is 0.169. The van der Waals surface area contributed by atoms with Gasteiger partial charge in [0.1, 0.15) is 5.82 Å². The third-order valence-electron chi connectivity index (χ3n) is 2.61. The van der Waals surface area contributed by atoms with Gasteiger partial charge in [-0.05, 0) is 36.2 Å². The first-order chi connectivity index (χ1) is 8.70. The fourth-order valence-electron chi connectivity index (χ4n) is 1.54. The van der Waals surface area contributed by atoms with Crippen LogP contribution >= 0.6 is 11.6 Å². The largest absolute Gasteiger partial charge is 0.306 e. The summed E-state index contributed by atoms with van der Waals surface area (Å²) in [5.41, 5.74) is 2.51. The lowest BCUT2D eigenvalue weighted by Crippen LogP contribution is -2.13. The van der Waals surface area contributed by atoms with Crippen molar-refractivity contribution in [2.24, 2.45) is 0 Å². The number of nitrogens with zero attached hydrogens (tertiary/aromatic N) is 1. The number of carbonyl (C=O) groups excluding carboxylic acids is 1. The molecule has 0 aliphatic heterocycles. The minimum Gasteiger partial charge on any atom is -0.306 e. The van der Waals surface area contributed by atoms with Gasteiger partial charge in [0.25, 0.3) is 5.91 Å². The van der Waals surface area contributed by atoms with Crippen LogP contribution in [0.2, 0.25) is 0 Å². The molecule has 0 saturated carbocycles. The van der Waals surface area contributed by atoms with Gasteiger partial charge in [-0.3, -0.25) is 4.79 Å². The molecule has 0 unspecified atom stereocenters. The van der Waals surface area contributed by atoms with E-state index in [0.717, 1.165) is 11.1 Å². The van der Waals surface area contributed by atoms with Crippen molar-refractivity contribution in [1.82, 2.24) is 4.98 Å². The van der Waals surface area contributed by atoms with Gasteiger partial charge in [-0.25, -0.2) is 4.98 Å². The van der Waals surface area contributed by atoms with Crippen LogP contribution in [0.4, 0.5) is 5.82 Å². The van der Waals surface area contributed by atoms with Gasteiger partial charge in [0, 0.05) is 17.6 Å². The summed E-state index contributed by atoms with van der Waals surface area (Å²) in [6.45, 7) is 1.90. The Kier molecular flexibility index (Phi) is 3.95. The number of nitrogens with one attached hydrogen (secondary N) is 1. The number of aromatic nitrogens is 1. The lowest BCUT2D eigenvalue weighted by atomic mass is 10.1. The van der Waals surface area contributed by atoms with Gasteiger partial charge < -0.3 is 5.32 Å². The third kappa shape index (κ3) is 2.87. The van der Waals surface area contributed by atoms with Gasteiger partial charge in [0.05, 0.1) is 0 Å². The highest BCUT2D eigenvalue weighted by atomic mass is 35.5. The van der Waals surface area contributed by atoms with Crippen LogP contribution in [-0.2, 0) is 5.88 Å². The maximum atomic E-state index is 12.0. The summed E-state index contributed by atoms with van der Waals surface area (Å²) in [6, 6.07) is 10.9. The van der Waals surface area contributed by atoms with E-state index in [1.165, 1.54) is 0 Å². The summed E-state index contributed by atoms with van der Waals surface area (Å²) in [6.07, 6.45) is 1.65. The second-order valence-electron chi connectivity index (χ2n) is 3.95. The number of anilines is 1. The molecular formula is C14H13ClN2O. The Bertz CT molecular complexity index is 552. The van der Waals surface area contributed by atoms with Crippen molar-refractivity contribution < 1.29 is 4.79 Å². The zero-order valence-corrected chi connectivity index (χ0v) is 10.7. The molecule has 3 nitrogen and oxygen atoms in total. The summed E-state index contributed by atoms with van der Waals surface area (Å²) >= 11 is 5.70. The number of halogens is 1. The lowest BCUT2D eigenvalue weighted by molar-refractivity contribution is 0.102. The SMILES string of the molecule is Cc1cccnc1NC(=O)c1ccc(CCl)cc1. The molecule has 0 fully saturated rings. The van der Waals surface area contributed by atoms with Gasteiger partial charge >= 0.3 is 0 Å². The smallest absolute Gasteiger partial charge is 0.256 e. The average Bonchev–Trinajstić information content (AvgIpc) is 2.41. The van der Waals surface area contributed by atoms with Crippen LogP contribution in [0, 0.1) is 6.92 Å². The molecule has 1 N–H and O–H groups in total. The third-order valence-corrected chi connectivity index (χ3v) is 2.92. The topological polar surface area (TPSA) is 42.0 Å². The molecule has 2 aromatic rings. The van der Waals surface area contributed by atoms with Crippen molar-refractivity contribution >= 4 is 23.3 Å². The molecule has 0 saturated heterocycles. The van der Waals surface area contributed by atoms with Crippen LogP contribution < -0.4 is 5.32 Å². The summed E-state index contributed by atoms with van der Waals surface area (Å²) in [5.74, 6) is 0.864. The van der Waals surface area contributed by atoms with E-state index in [4.69, 9.17) is 11.6 Å². The normalized spacial score (nSPS) is 10.1. The van der Waals surface area contributed by atoms with Crippen LogP contribution in [0.25, 0.3) is 0 Å². The Labute approximate surface area is 111 Å². The van der Waals surface area contributed by atoms with E-state index in [1.807, 2.05) is 31.2 Å². The molecule has 0 spiro atoms. The Morgan fingerprint density at radius 1 is 1.28 bits per heavy atom. The van der Waals surface area contributed by atoms with Crippen LogP contribution in [-0.4, -0.2) is 10.9 Å². The number of pyridine rings is 1. The molecule has 0 radical (unpaired) electrons. The molecule has 0 aliphatic rings. The molecule has 2 rings (SSSR count). The number of rotatable bonds is 3. The molecule has 1 aromatic heterocycles. The predicted molar refractivity (Wildman–Crippen MR) is 72.9 cm³/mol. The Morgan fingerprint density at radius 3 is 2.61 bits per heavy atom. The van der Waals surface area contributed by atoms with Gasteiger partial charge in [-0.2, -0.15) is 0 Å². The number of aryl methyl sites for hydroxylation is 1. The van der Waals surface area contributed by atoms with E-state index < -0.39 is 0 Å². The van der Waals surface area contributed by atoms with Crippen molar-refractivity contribution in [3.05, 3.63) is 59.3 Å². The monoisotopic (exact) mass is 260 g/mol. The first-order valence-electron chi connectivity index (χ1n) is 5.58. The second kappa shape index (κ2) is 5.65. The number of amides is 1. The highest BCUT2D eigenvalue weighted by Crippen LogP contribution is 2.12. The van der Waals surface area contributed by atoms with Crippen LogP contribution in [0.1, 0.15) is 21.5 Å². The molecular weight excluding hydrogens is 248 g/mol. The molecule has 92 valence electrons. The van der Waals surface area contributed by atoms with Crippen molar-refractivity contribution in [2.45, 2.75) is 12.8 Å². The number of carbonyl (C=O) groups is 1. The number of hydrogen-bond donors (Lipinski definition) is 1. The number of alkyl halides is 1. The minimum atomic E-state index is -0.169. The average molecular weight is 261 g/mol.